The Bertz CT molecular complexity index is 1100. The van der Waals surface area contributed by atoms with E-state index in [0.717, 1.165) is 35.1 Å². The number of aryl methyl sites for hydroxylation is 1. The molecule has 0 saturated heterocycles. The lowest BCUT2D eigenvalue weighted by Gasteiger charge is -1.99. The van der Waals surface area contributed by atoms with E-state index in [0.29, 0.717) is 23.2 Å². The standard InChI is InChI=1S/C18H15N5O3/c1-2-7-23-14-5-3-11(8-13(14)20-22-23)17-19-18(26-21-17)12-4-6-15-16(9-12)25-10-24-15/h3-6,8-9H,2,7,10H2,1H3. The minimum Gasteiger partial charge on any atom is -0.454 e. The molecule has 130 valence electrons. The minimum absolute atomic E-state index is 0.229. The molecule has 8 nitrogen and oxygen atoms in total. The summed E-state index contributed by atoms with van der Waals surface area (Å²) in [5, 5.41) is 12.5. The van der Waals surface area contributed by atoms with Crippen LogP contribution in [-0.4, -0.2) is 31.9 Å². The van der Waals surface area contributed by atoms with Gasteiger partial charge in [-0.1, -0.05) is 17.3 Å². The van der Waals surface area contributed by atoms with Gasteiger partial charge in [0.1, 0.15) is 5.52 Å². The third-order valence-electron chi connectivity index (χ3n) is 4.25. The molecule has 0 amide bonds. The van der Waals surface area contributed by atoms with Crippen molar-refractivity contribution in [1.82, 2.24) is 25.1 Å². The summed E-state index contributed by atoms with van der Waals surface area (Å²) in [4.78, 5) is 4.50. The number of benzene rings is 2. The zero-order valence-corrected chi connectivity index (χ0v) is 14.0. The summed E-state index contributed by atoms with van der Waals surface area (Å²) in [5.74, 6) is 2.32. The molecule has 4 aromatic rings. The van der Waals surface area contributed by atoms with Gasteiger partial charge < -0.3 is 14.0 Å². The van der Waals surface area contributed by atoms with Gasteiger partial charge in [-0.3, -0.25) is 0 Å². The van der Waals surface area contributed by atoms with Crippen LogP contribution in [0, 0.1) is 0 Å². The van der Waals surface area contributed by atoms with Gasteiger partial charge in [0.15, 0.2) is 11.5 Å². The number of hydrogen-bond acceptors (Lipinski definition) is 7. The molecule has 1 aliphatic heterocycles. The Hall–Kier alpha value is -3.42. The van der Waals surface area contributed by atoms with Crippen LogP contribution in [0.2, 0.25) is 0 Å². The molecule has 0 spiro atoms. The van der Waals surface area contributed by atoms with Gasteiger partial charge in [0.2, 0.25) is 12.6 Å². The number of ether oxygens (including phenoxy) is 2. The van der Waals surface area contributed by atoms with E-state index in [4.69, 9.17) is 14.0 Å². The van der Waals surface area contributed by atoms with Crippen molar-refractivity contribution in [2.75, 3.05) is 6.79 Å². The second kappa shape index (κ2) is 5.83. The molecule has 1 aliphatic rings. The van der Waals surface area contributed by atoms with Crippen LogP contribution in [0.15, 0.2) is 40.9 Å². The normalized spacial score (nSPS) is 12.8. The highest BCUT2D eigenvalue weighted by molar-refractivity contribution is 5.80. The molecule has 0 bridgehead atoms. The largest absolute Gasteiger partial charge is 0.454 e. The van der Waals surface area contributed by atoms with Gasteiger partial charge in [0.25, 0.3) is 5.89 Å². The maximum Gasteiger partial charge on any atom is 0.258 e. The first-order valence-electron chi connectivity index (χ1n) is 8.39. The zero-order chi connectivity index (χ0) is 17.5. The molecule has 2 aromatic heterocycles. The first kappa shape index (κ1) is 14.9. The third kappa shape index (κ3) is 2.38. The fourth-order valence-electron chi connectivity index (χ4n) is 2.98. The van der Waals surface area contributed by atoms with Gasteiger partial charge in [0.05, 0.1) is 5.52 Å². The van der Waals surface area contributed by atoms with Crippen molar-refractivity contribution in [3.63, 3.8) is 0 Å². The Morgan fingerprint density at radius 1 is 1.04 bits per heavy atom. The average molecular weight is 349 g/mol. The number of nitrogens with zero attached hydrogens (tertiary/aromatic N) is 5. The van der Waals surface area contributed by atoms with Crippen molar-refractivity contribution in [3.05, 3.63) is 36.4 Å². The molecule has 0 fully saturated rings. The molecule has 8 heteroatoms. The first-order chi connectivity index (χ1) is 12.8. The Morgan fingerprint density at radius 2 is 1.92 bits per heavy atom. The second-order valence-electron chi connectivity index (χ2n) is 6.01. The van der Waals surface area contributed by atoms with Crippen LogP contribution in [0.5, 0.6) is 11.5 Å². The van der Waals surface area contributed by atoms with Gasteiger partial charge >= 0.3 is 0 Å². The maximum absolute atomic E-state index is 5.42. The predicted molar refractivity (Wildman–Crippen MR) is 92.7 cm³/mol. The van der Waals surface area contributed by atoms with Crippen molar-refractivity contribution in [2.45, 2.75) is 19.9 Å². The van der Waals surface area contributed by atoms with Crippen LogP contribution >= 0.6 is 0 Å². The van der Waals surface area contributed by atoms with Crippen molar-refractivity contribution >= 4 is 11.0 Å². The maximum atomic E-state index is 5.42. The van der Waals surface area contributed by atoms with E-state index in [9.17, 15) is 0 Å². The van der Waals surface area contributed by atoms with Gasteiger partial charge in [-0.15, -0.1) is 5.10 Å². The Labute approximate surface area is 148 Å². The molecule has 0 atom stereocenters. The lowest BCUT2D eigenvalue weighted by molar-refractivity contribution is 0.174. The van der Waals surface area contributed by atoms with Crippen molar-refractivity contribution in [1.29, 1.82) is 0 Å². The number of fused-ring (bicyclic) bond motifs is 2. The SMILES string of the molecule is CCCn1nnc2cc(-c3noc(-c4ccc5c(c4)OCO5)n3)ccc21. The minimum atomic E-state index is 0.229. The second-order valence-corrected chi connectivity index (χ2v) is 6.01. The van der Waals surface area contributed by atoms with Crippen LogP contribution < -0.4 is 9.47 Å². The Morgan fingerprint density at radius 3 is 2.85 bits per heavy atom. The highest BCUT2D eigenvalue weighted by Gasteiger charge is 2.17. The molecule has 0 radical (unpaired) electrons. The molecular formula is C18H15N5O3. The van der Waals surface area contributed by atoms with Crippen LogP contribution in [0.1, 0.15) is 13.3 Å². The number of hydrogen-bond donors (Lipinski definition) is 0. The summed E-state index contributed by atoms with van der Waals surface area (Å²) < 4.78 is 18.0. The topological polar surface area (TPSA) is 88.1 Å². The van der Waals surface area contributed by atoms with Crippen molar-refractivity contribution in [2.24, 2.45) is 0 Å². The molecular weight excluding hydrogens is 334 g/mol. The molecule has 26 heavy (non-hydrogen) atoms. The summed E-state index contributed by atoms with van der Waals surface area (Å²) in [6.07, 6.45) is 1.00. The van der Waals surface area contributed by atoms with Crippen LogP contribution in [0.4, 0.5) is 0 Å². The predicted octanol–water partition coefficient (Wildman–Crippen LogP) is 3.29. The van der Waals surface area contributed by atoms with Gasteiger partial charge in [-0.25, -0.2) is 4.68 Å². The van der Waals surface area contributed by atoms with Crippen molar-refractivity contribution < 1.29 is 14.0 Å². The number of aromatic nitrogens is 5. The summed E-state index contributed by atoms with van der Waals surface area (Å²) in [6.45, 7) is 3.18. The smallest absolute Gasteiger partial charge is 0.258 e. The van der Waals surface area contributed by atoms with E-state index >= 15 is 0 Å². The third-order valence-corrected chi connectivity index (χ3v) is 4.25. The summed E-state index contributed by atoms with van der Waals surface area (Å²) in [5.41, 5.74) is 3.42. The quantitative estimate of drug-likeness (QED) is 0.558. The van der Waals surface area contributed by atoms with E-state index in [2.05, 4.69) is 27.4 Å². The van der Waals surface area contributed by atoms with Crippen LogP contribution in [0.25, 0.3) is 33.9 Å². The summed E-state index contributed by atoms with van der Waals surface area (Å²) >= 11 is 0. The summed E-state index contributed by atoms with van der Waals surface area (Å²) in [6, 6.07) is 11.4. The Kier molecular flexibility index (Phi) is 3.34. The molecule has 0 unspecified atom stereocenters. The lowest BCUT2D eigenvalue weighted by Crippen LogP contribution is -1.98. The Balaban J connectivity index is 1.49. The lowest BCUT2D eigenvalue weighted by atomic mass is 10.2. The highest BCUT2D eigenvalue weighted by Crippen LogP contribution is 2.35. The van der Waals surface area contributed by atoms with E-state index in [1.165, 1.54) is 0 Å². The average Bonchev–Trinajstić information content (AvgIpc) is 3.40. The van der Waals surface area contributed by atoms with Gasteiger partial charge in [-0.05, 0) is 42.8 Å². The molecule has 3 heterocycles. The monoisotopic (exact) mass is 349 g/mol. The van der Waals surface area contributed by atoms with E-state index in [1.54, 1.807) is 0 Å². The van der Waals surface area contributed by atoms with Crippen LogP contribution in [0.3, 0.4) is 0 Å². The molecule has 0 aliphatic carbocycles. The zero-order valence-electron chi connectivity index (χ0n) is 14.0. The molecule has 0 saturated carbocycles. The van der Waals surface area contributed by atoms with E-state index in [-0.39, 0.29) is 6.79 Å². The van der Waals surface area contributed by atoms with Crippen molar-refractivity contribution in [3.8, 4) is 34.3 Å². The highest BCUT2D eigenvalue weighted by atomic mass is 16.7. The molecule has 2 aromatic carbocycles. The summed E-state index contributed by atoms with van der Waals surface area (Å²) in [7, 11) is 0. The van der Waals surface area contributed by atoms with Gasteiger partial charge in [-0.2, -0.15) is 4.98 Å². The fraction of sp³-hybridized carbons (Fsp3) is 0.222. The fourth-order valence-corrected chi connectivity index (χ4v) is 2.98. The molecule has 5 rings (SSSR count). The van der Waals surface area contributed by atoms with Gasteiger partial charge in [0, 0.05) is 17.7 Å². The first-order valence-corrected chi connectivity index (χ1v) is 8.39. The van der Waals surface area contributed by atoms with Crippen LogP contribution in [-0.2, 0) is 6.54 Å². The number of rotatable bonds is 4. The van der Waals surface area contributed by atoms with E-state index in [1.807, 2.05) is 41.1 Å². The molecule has 0 N–H and O–H groups in total. The van der Waals surface area contributed by atoms with E-state index < -0.39 is 0 Å².